The molecule has 0 saturated heterocycles. The monoisotopic (exact) mass is 1010 g/mol. The molecule has 0 aliphatic carbocycles. The van der Waals surface area contributed by atoms with Gasteiger partial charge < -0.3 is 41.0 Å². The van der Waals surface area contributed by atoms with Crippen molar-refractivity contribution in [1.29, 1.82) is 0 Å². The first-order valence-electron chi connectivity index (χ1n) is 24.2. The van der Waals surface area contributed by atoms with Gasteiger partial charge in [0.05, 0.1) is 25.3 Å². The van der Waals surface area contributed by atoms with Crippen LogP contribution in [0.1, 0.15) is 66.4 Å². The van der Waals surface area contributed by atoms with E-state index in [2.05, 4.69) is 41.7 Å². The fraction of sp³-hybridized carbons (Fsp3) is 0.100. The van der Waals surface area contributed by atoms with E-state index < -0.39 is 23.3 Å². The molecule has 6 N–H and O–H groups in total. The smallest absolute Gasteiger partial charge is 0.259 e. The summed E-state index contributed by atoms with van der Waals surface area (Å²) in [5.74, 6) is -2.23. The zero-order valence-electron chi connectivity index (χ0n) is 41.7. The largest absolute Gasteiger partial charge is 0.505 e. The number of fused-ring (bicyclic) bond motifs is 2. The number of hydrogen-bond donors (Lipinski definition) is 6. The number of carbonyl (C=O) groups is 4. The van der Waals surface area contributed by atoms with Gasteiger partial charge in [0.1, 0.15) is 34.2 Å². The average molecular weight is 1010 g/mol. The zero-order valence-corrected chi connectivity index (χ0v) is 41.7. The Hall–Kier alpha value is -10.2. The summed E-state index contributed by atoms with van der Waals surface area (Å²) in [6.45, 7) is 3.80. The van der Waals surface area contributed by atoms with Crippen molar-refractivity contribution in [1.82, 2.24) is 0 Å². The highest BCUT2D eigenvalue weighted by atomic mass is 16.5. The number of para-hydroxylation sites is 2. The summed E-state index contributed by atoms with van der Waals surface area (Å²) in [6.07, 6.45) is 0.862. The third kappa shape index (κ3) is 10.9. The van der Waals surface area contributed by atoms with Gasteiger partial charge >= 0.3 is 0 Å². The van der Waals surface area contributed by atoms with Crippen LogP contribution < -0.4 is 30.7 Å². The lowest BCUT2D eigenvalue weighted by Gasteiger charge is -2.18. The first-order chi connectivity index (χ1) is 37.0. The maximum absolute atomic E-state index is 14.3. The van der Waals surface area contributed by atoms with Crippen molar-refractivity contribution >= 4 is 90.7 Å². The van der Waals surface area contributed by atoms with Gasteiger partial charge in [-0.2, -0.15) is 0 Å². The van der Waals surface area contributed by atoms with Crippen LogP contribution in [0.15, 0.2) is 190 Å². The zero-order chi connectivity index (χ0) is 53.3. The van der Waals surface area contributed by atoms with Crippen LogP contribution in [0.2, 0.25) is 0 Å². The van der Waals surface area contributed by atoms with E-state index in [0.29, 0.717) is 79.8 Å². The van der Waals surface area contributed by atoms with Gasteiger partial charge in [-0.1, -0.05) is 98.8 Å². The van der Waals surface area contributed by atoms with Crippen LogP contribution in [0.5, 0.6) is 23.0 Å². The van der Waals surface area contributed by atoms with Crippen LogP contribution in [0, 0.1) is 0 Å². The lowest BCUT2D eigenvalue weighted by Crippen LogP contribution is -2.16. The van der Waals surface area contributed by atoms with Gasteiger partial charge in [0.15, 0.2) is 11.5 Å². The van der Waals surface area contributed by atoms with E-state index >= 15 is 0 Å². The molecule has 0 aliphatic heterocycles. The molecule has 16 heteroatoms. The Labute approximate surface area is 436 Å². The minimum Gasteiger partial charge on any atom is -0.505 e. The summed E-state index contributed by atoms with van der Waals surface area (Å²) in [4.78, 5) is 55.0. The Morgan fingerprint density at radius 3 is 1.20 bits per heavy atom. The molecule has 0 aliphatic rings. The lowest BCUT2D eigenvalue weighted by molar-refractivity contribution is 0.101. The number of anilines is 4. The van der Waals surface area contributed by atoms with Gasteiger partial charge in [-0.05, 0) is 120 Å². The average Bonchev–Trinajstić information content (AvgIpc) is 3.45. The third-order valence-electron chi connectivity index (χ3n) is 12.5. The quantitative estimate of drug-likeness (QED) is 0.0509. The Bertz CT molecular complexity index is 3520. The molecule has 0 atom stereocenters. The lowest BCUT2D eigenvalue weighted by atomic mass is 10.00. The first kappa shape index (κ1) is 50.7. The van der Waals surface area contributed by atoms with E-state index in [1.54, 1.807) is 121 Å². The normalized spacial score (nSPS) is 11.2. The highest BCUT2D eigenvalue weighted by Crippen LogP contribution is 2.43. The molecule has 0 fully saturated rings. The van der Waals surface area contributed by atoms with Gasteiger partial charge in [0.25, 0.3) is 23.6 Å². The van der Waals surface area contributed by atoms with Crippen LogP contribution in [0.3, 0.4) is 0 Å². The van der Waals surface area contributed by atoms with Crippen LogP contribution in [-0.2, 0) is 12.8 Å². The molecule has 0 heterocycles. The SMILES string of the molecule is CCc1cc(NC(=O)c2cc3ccccc3c(N=Nc3cc(C(=O)Nc4ccccc4)ccc3OC)c2O)c(CC)cc1NC(=O)c1cc2ccccc2c(N=Nc2cc(C(=O)Nc3ccccc3)ccc2OC)c1O. The summed E-state index contributed by atoms with van der Waals surface area (Å²) < 4.78 is 11.1. The number of benzene rings is 9. The molecular weight excluding hydrogens is 961 g/mol. The number of rotatable bonds is 16. The first-order valence-corrected chi connectivity index (χ1v) is 24.2. The van der Waals surface area contributed by atoms with Crippen LogP contribution in [0.4, 0.5) is 45.5 Å². The van der Waals surface area contributed by atoms with Crippen molar-refractivity contribution in [3.05, 3.63) is 203 Å². The number of ether oxygens (including phenoxy) is 2. The van der Waals surface area contributed by atoms with Crippen molar-refractivity contribution in [3.8, 4) is 23.0 Å². The van der Waals surface area contributed by atoms with E-state index in [9.17, 15) is 29.4 Å². The number of azo groups is 2. The molecule has 9 aromatic rings. The number of phenolic OH excluding ortho intramolecular Hbond substituents is 2. The molecule has 76 heavy (non-hydrogen) atoms. The highest BCUT2D eigenvalue weighted by molar-refractivity contribution is 6.14. The van der Waals surface area contributed by atoms with Crippen LogP contribution >= 0.6 is 0 Å². The summed E-state index contributed by atoms with van der Waals surface area (Å²) in [5, 5.41) is 55.3. The Kier molecular flexibility index (Phi) is 15.1. The molecule has 4 amide bonds. The number of methoxy groups -OCH3 is 2. The van der Waals surface area contributed by atoms with Gasteiger partial charge in [0.2, 0.25) is 0 Å². The number of aryl methyl sites for hydroxylation is 2. The van der Waals surface area contributed by atoms with Crippen molar-refractivity contribution in [3.63, 3.8) is 0 Å². The summed E-state index contributed by atoms with van der Waals surface area (Å²) in [5.41, 5.74) is 4.33. The minimum atomic E-state index is -0.632. The standard InChI is InChI=1S/C60H50N8O8/c1-5-35-31-48(64-60(74)46-30-38-18-14-16-24-44(38)54(56(46)70)68-66-50-34-40(26-28-52(50)76-4)58(72)62-42-21-11-8-12-22-42)36(6-2)32-47(35)63-59(73)45-29-37-17-13-15-23-43(37)53(55(45)69)67-65-49-33-39(25-27-51(49)75-3)57(71)61-41-19-9-7-10-20-41/h7-34,69-70H,5-6H2,1-4H3,(H,61,71)(H,62,72)(H,63,73)(H,64,74). The van der Waals surface area contributed by atoms with Crippen molar-refractivity contribution in [2.75, 3.05) is 35.5 Å². The number of phenols is 2. The summed E-state index contributed by atoms with van der Waals surface area (Å²) in [7, 11) is 2.92. The maximum Gasteiger partial charge on any atom is 0.259 e. The minimum absolute atomic E-state index is 0.0199. The van der Waals surface area contributed by atoms with Crippen LogP contribution in [-0.4, -0.2) is 48.1 Å². The number of aromatic hydroxyl groups is 2. The van der Waals surface area contributed by atoms with Crippen molar-refractivity contribution < 1.29 is 38.9 Å². The third-order valence-corrected chi connectivity index (χ3v) is 12.5. The Morgan fingerprint density at radius 1 is 0.434 bits per heavy atom. The molecule has 9 rings (SSSR count). The molecule has 9 aromatic carbocycles. The number of amides is 4. The van der Waals surface area contributed by atoms with Gasteiger partial charge in [-0.3, -0.25) is 19.2 Å². The Balaban J connectivity index is 0.985. The second kappa shape index (κ2) is 22.7. The molecule has 0 radical (unpaired) electrons. The second-order valence-corrected chi connectivity index (χ2v) is 17.3. The molecular formula is C60H50N8O8. The highest BCUT2D eigenvalue weighted by Gasteiger charge is 2.24. The fourth-order valence-electron chi connectivity index (χ4n) is 8.55. The van der Waals surface area contributed by atoms with Gasteiger partial charge in [-0.25, -0.2) is 0 Å². The van der Waals surface area contributed by atoms with E-state index in [4.69, 9.17) is 9.47 Å². The van der Waals surface area contributed by atoms with E-state index in [-0.39, 0.29) is 56.8 Å². The molecule has 16 nitrogen and oxygen atoms in total. The molecule has 0 saturated carbocycles. The number of nitrogens with zero attached hydrogens (tertiary/aromatic N) is 4. The van der Waals surface area contributed by atoms with Crippen molar-refractivity contribution in [2.24, 2.45) is 20.5 Å². The maximum atomic E-state index is 14.3. The number of nitrogens with one attached hydrogen (secondary N) is 4. The summed E-state index contributed by atoms with van der Waals surface area (Å²) in [6, 6.07) is 48.3. The predicted molar refractivity (Wildman–Crippen MR) is 295 cm³/mol. The van der Waals surface area contributed by atoms with E-state index in [1.807, 2.05) is 50.2 Å². The predicted octanol–water partition coefficient (Wildman–Crippen LogP) is 14.4. The molecule has 0 spiro atoms. The molecule has 378 valence electrons. The Morgan fingerprint density at radius 2 is 0.816 bits per heavy atom. The summed E-state index contributed by atoms with van der Waals surface area (Å²) >= 11 is 0. The van der Waals surface area contributed by atoms with Gasteiger partial charge in [0, 0.05) is 44.6 Å². The molecule has 0 bridgehead atoms. The number of hydrogen-bond acceptors (Lipinski definition) is 12. The van der Waals surface area contributed by atoms with E-state index in [1.165, 1.54) is 26.4 Å². The number of carbonyl (C=O) groups excluding carboxylic acids is 4. The molecule has 0 unspecified atom stereocenters. The van der Waals surface area contributed by atoms with Crippen LogP contribution in [0.25, 0.3) is 21.5 Å². The molecule has 0 aromatic heterocycles. The topological polar surface area (TPSA) is 225 Å². The van der Waals surface area contributed by atoms with E-state index in [0.717, 1.165) is 0 Å². The van der Waals surface area contributed by atoms with Gasteiger partial charge in [-0.15, -0.1) is 20.5 Å². The van der Waals surface area contributed by atoms with Crippen molar-refractivity contribution in [2.45, 2.75) is 26.7 Å². The fourth-order valence-corrected chi connectivity index (χ4v) is 8.55. The second-order valence-electron chi connectivity index (χ2n) is 17.3.